The Morgan fingerprint density at radius 1 is 1.16 bits per heavy atom. The summed E-state index contributed by atoms with van der Waals surface area (Å²) in [7, 11) is -4.13. The molecule has 0 aliphatic heterocycles. The molecule has 1 heterocycles. The molecule has 0 saturated carbocycles. The summed E-state index contributed by atoms with van der Waals surface area (Å²) in [6, 6.07) is 6.55. The Labute approximate surface area is 108 Å². The van der Waals surface area contributed by atoms with Crippen LogP contribution in [0.1, 0.15) is 0 Å². The molecule has 0 radical (unpaired) electrons. The first-order valence-corrected chi connectivity index (χ1v) is 6.57. The molecule has 0 bridgehead atoms. The molecule has 0 fully saturated rings. The molecule has 5 nitrogen and oxygen atoms in total. The number of pyridine rings is 1. The summed E-state index contributed by atoms with van der Waals surface area (Å²) in [5.74, 6) is -1.81. The van der Waals surface area contributed by atoms with Gasteiger partial charge in [-0.15, -0.1) is 0 Å². The standard InChI is InChI=1S/C11H9F2N3O2S/c12-7-4-5-8(14)9(6-7)19(17,18)16-11-3-1-2-10(13)15-11/h1-6H,14H2,(H,15,16). The number of rotatable bonds is 3. The number of nitrogens with one attached hydrogen (secondary N) is 1. The van der Waals surface area contributed by atoms with Crippen LogP contribution < -0.4 is 10.5 Å². The monoisotopic (exact) mass is 285 g/mol. The lowest BCUT2D eigenvalue weighted by Gasteiger charge is -2.09. The van der Waals surface area contributed by atoms with E-state index in [1.54, 1.807) is 0 Å². The van der Waals surface area contributed by atoms with Crippen molar-refractivity contribution in [2.75, 3.05) is 10.5 Å². The van der Waals surface area contributed by atoms with Crippen molar-refractivity contribution >= 4 is 21.5 Å². The molecule has 3 N–H and O–H groups in total. The third-order valence-electron chi connectivity index (χ3n) is 2.22. The molecule has 2 rings (SSSR count). The summed E-state index contributed by atoms with van der Waals surface area (Å²) in [5.41, 5.74) is 5.36. The van der Waals surface area contributed by atoms with E-state index in [2.05, 4.69) is 4.98 Å². The molecule has 0 atom stereocenters. The molecule has 1 aromatic heterocycles. The van der Waals surface area contributed by atoms with Gasteiger partial charge in [0.1, 0.15) is 16.5 Å². The maximum Gasteiger partial charge on any atom is 0.265 e. The van der Waals surface area contributed by atoms with Gasteiger partial charge in [0.05, 0.1) is 5.69 Å². The zero-order valence-electron chi connectivity index (χ0n) is 9.47. The maximum absolute atomic E-state index is 13.1. The highest BCUT2D eigenvalue weighted by Gasteiger charge is 2.19. The molecule has 1 aromatic carbocycles. The van der Waals surface area contributed by atoms with Gasteiger partial charge in [0, 0.05) is 0 Å². The fourth-order valence-corrected chi connectivity index (χ4v) is 2.54. The fourth-order valence-electron chi connectivity index (χ4n) is 1.40. The molecule has 8 heteroatoms. The first-order chi connectivity index (χ1) is 8.88. The van der Waals surface area contributed by atoms with Crippen molar-refractivity contribution in [3.05, 3.63) is 48.2 Å². The van der Waals surface area contributed by atoms with Gasteiger partial charge in [-0.2, -0.15) is 4.39 Å². The average molecular weight is 285 g/mol. The van der Waals surface area contributed by atoms with E-state index in [0.29, 0.717) is 0 Å². The quantitative estimate of drug-likeness (QED) is 0.664. The number of halogens is 2. The lowest BCUT2D eigenvalue weighted by Crippen LogP contribution is -2.16. The minimum absolute atomic E-state index is 0.120. The molecule has 0 spiro atoms. The van der Waals surface area contributed by atoms with Crippen LogP contribution in [-0.2, 0) is 10.0 Å². The van der Waals surface area contributed by atoms with E-state index in [1.807, 2.05) is 4.72 Å². The van der Waals surface area contributed by atoms with Crippen LogP contribution in [0.2, 0.25) is 0 Å². The third-order valence-corrected chi connectivity index (χ3v) is 3.63. The van der Waals surface area contributed by atoms with Gasteiger partial charge in [-0.25, -0.2) is 17.8 Å². The molecule has 0 amide bonds. The summed E-state index contributed by atoms with van der Waals surface area (Å²) in [4.78, 5) is 2.91. The van der Waals surface area contributed by atoms with Gasteiger partial charge in [-0.1, -0.05) is 6.07 Å². The zero-order valence-corrected chi connectivity index (χ0v) is 10.3. The minimum Gasteiger partial charge on any atom is -0.398 e. The number of sulfonamides is 1. The van der Waals surface area contributed by atoms with E-state index < -0.39 is 26.7 Å². The van der Waals surface area contributed by atoms with Crippen LogP contribution in [0.25, 0.3) is 0 Å². The number of aromatic nitrogens is 1. The van der Waals surface area contributed by atoms with Crippen molar-refractivity contribution in [3.8, 4) is 0 Å². The molecule has 2 aromatic rings. The van der Waals surface area contributed by atoms with E-state index in [1.165, 1.54) is 12.1 Å². The number of hydrogen-bond acceptors (Lipinski definition) is 4. The highest BCUT2D eigenvalue weighted by atomic mass is 32.2. The predicted octanol–water partition coefficient (Wildman–Crippen LogP) is 1.74. The van der Waals surface area contributed by atoms with E-state index in [9.17, 15) is 17.2 Å². The number of benzene rings is 1. The molecule has 19 heavy (non-hydrogen) atoms. The van der Waals surface area contributed by atoms with Crippen LogP contribution in [0.3, 0.4) is 0 Å². The molecular formula is C11H9F2N3O2S. The number of hydrogen-bond donors (Lipinski definition) is 2. The van der Waals surface area contributed by atoms with Gasteiger partial charge in [0.25, 0.3) is 10.0 Å². The maximum atomic E-state index is 13.1. The van der Waals surface area contributed by atoms with Crippen LogP contribution >= 0.6 is 0 Å². The van der Waals surface area contributed by atoms with Crippen molar-refractivity contribution in [1.29, 1.82) is 0 Å². The third kappa shape index (κ3) is 2.97. The van der Waals surface area contributed by atoms with Gasteiger partial charge < -0.3 is 5.73 Å². The summed E-state index contributed by atoms with van der Waals surface area (Å²) in [6.07, 6.45) is 0. The molecule has 0 unspecified atom stereocenters. The van der Waals surface area contributed by atoms with Crippen molar-refractivity contribution in [3.63, 3.8) is 0 Å². The Bertz CT molecular complexity index is 720. The normalized spacial score (nSPS) is 11.3. The molecule has 0 aliphatic rings. The Hall–Kier alpha value is -2.22. The second kappa shape index (κ2) is 4.81. The van der Waals surface area contributed by atoms with Gasteiger partial charge in [-0.05, 0) is 30.3 Å². The van der Waals surface area contributed by atoms with E-state index in [-0.39, 0.29) is 11.5 Å². The van der Waals surface area contributed by atoms with Crippen LogP contribution in [0.5, 0.6) is 0 Å². The van der Waals surface area contributed by atoms with Crippen LogP contribution in [0.4, 0.5) is 20.3 Å². The van der Waals surface area contributed by atoms with E-state index >= 15 is 0 Å². The highest BCUT2D eigenvalue weighted by Crippen LogP contribution is 2.21. The van der Waals surface area contributed by atoms with Crippen LogP contribution in [0, 0.1) is 11.8 Å². The Morgan fingerprint density at radius 2 is 1.89 bits per heavy atom. The second-order valence-electron chi connectivity index (χ2n) is 3.63. The molecule has 100 valence electrons. The number of nitrogens with zero attached hydrogens (tertiary/aromatic N) is 1. The Kier molecular flexibility index (Phi) is 3.34. The summed E-state index contributed by atoms with van der Waals surface area (Å²) in [6.45, 7) is 0. The smallest absolute Gasteiger partial charge is 0.265 e. The number of nitrogens with two attached hydrogens (primary N) is 1. The van der Waals surface area contributed by atoms with Crippen molar-refractivity contribution in [1.82, 2.24) is 4.98 Å². The Morgan fingerprint density at radius 3 is 2.58 bits per heavy atom. The minimum atomic E-state index is -4.13. The molecule has 0 aliphatic carbocycles. The lowest BCUT2D eigenvalue weighted by molar-refractivity contribution is 0.584. The lowest BCUT2D eigenvalue weighted by atomic mass is 10.3. The zero-order chi connectivity index (χ0) is 14.0. The van der Waals surface area contributed by atoms with Gasteiger partial charge in [0.2, 0.25) is 5.95 Å². The van der Waals surface area contributed by atoms with Crippen LogP contribution in [-0.4, -0.2) is 13.4 Å². The molecular weight excluding hydrogens is 276 g/mol. The second-order valence-corrected chi connectivity index (χ2v) is 5.28. The highest BCUT2D eigenvalue weighted by molar-refractivity contribution is 7.92. The first kappa shape index (κ1) is 13.2. The SMILES string of the molecule is Nc1ccc(F)cc1S(=O)(=O)Nc1cccc(F)n1. The summed E-state index contributed by atoms with van der Waals surface area (Å²) >= 11 is 0. The number of nitrogen functional groups attached to an aromatic ring is 1. The topological polar surface area (TPSA) is 85.1 Å². The Balaban J connectivity index is 2.40. The average Bonchev–Trinajstić information content (AvgIpc) is 2.31. The number of anilines is 2. The molecule has 0 saturated heterocycles. The van der Waals surface area contributed by atoms with Gasteiger partial charge in [0.15, 0.2) is 0 Å². The largest absolute Gasteiger partial charge is 0.398 e. The first-order valence-electron chi connectivity index (χ1n) is 5.09. The van der Waals surface area contributed by atoms with E-state index in [4.69, 9.17) is 5.73 Å². The van der Waals surface area contributed by atoms with Crippen molar-refractivity contribution in [2.24, 2.45) is 0 Å². The van der Waals surface area contributed by atoms with Crippen molar-refractivity contribution in [2.45, 2.75) is 4.90 Å². The summed E-state index contributed by atoms with van der Waals surface area (Å²) < 4.78 is 51.9. The summed E-state index contributed by atoms with van der Waals surface area (Å²) in [5, 5.41) is 0. The van der Waals surface area contributed by atoms with E-state index in [0.717, 1.165) is 24.3 Å². The van der Waals surface area contributed by atoms with Crippen molar-refractivity contribution < 1.29 is 17.2 Å². The van der Waals surface area contributed by atoms with Crippen LogP contribution in [0.15, 0.2) is 41.3 Å². The predicted molar refractivity (Wildman–Crippen MR) is 65.8 cm³/mol. The fraction of sp³-hybridized carbons (Fsp3) is 0. The van der Waals surface area contributed by atoms with Gasteiger partial charge >= 0.3 is 0 Å². The van der Waals surface area contributed by atoms with Gasteiger partial charge in [-0.3, -0.25) is 4.72 Å².